The number of ether oxygens (including phenoxy) is 1. The molecule has 2 aromatic rings. The van der Waals surface area contributed by atoms with Crippen molar-refractivity contribution in [2.75, 3.05) is 19.0 Å². The highest BCUT2D eigenvalue weighted by molar-refractivity contribution is 7.13. The van der Waals surface area contributed by atoms with Crippen LogP contribution in [0.3, 0.4) is 0 Å². The molecular weight excluding hydrogens is 318 g/mol. The fourth-order valence-electron chi connectivity index (χ4n) is 1.65. The second kappa shape index (κ2) is 8.08. The Kier molecular flexibility index (Phi) is 5.87. The van der Waals surface area contributed by atoms with Crippen LogP contribution in [0.1, 0.15) is 21.7 Å². The Hall–Kier alpha value is -2.68. The van der Waals surface area contributed by atoms with Crippen molar-refractivity contribution in [1.82, 2.24) is 20.8 Å². The molecule has 0 bridgehead atoms. The number of carbonyl (C=O) groups is 2. The normalized spacial score (nSPS) is 10.0. The van der Waals surface area contributed by atoms with Gasteiger partial charge in [-0.3, -0.25) is 4.79 Å². The number of urea groups is 1. The molecule has 0 aliphatic carbocycles. The van der Waals surface area contributed by atoms with E-state index < -0.39 is 0 Å². The fraction of sp³-hybridized carbons (Fsp3) is 0.286. The fourth-order valence-corrected chi connectivity index (χ4v) is 2.33. The SMILES string of the molecule is CCNC(=O)NCc1nnc(C(=O)Nc2ccc(OC)cc2)s1. The van der Waals surface area contributed by atoms with Gasteiger partial charge in [-0.25, -0.2) is 4.79 Å². The smallest absolute Gasteiger partial charge is 0.315 e. The van der Waals surface area contributed by atoms with Gasteiger partial charge in [0.1, 0.15) is 10.8 Å². The zero-order valence-corrected chi connectivity index (χ0v) is 13.6. The molecule has 8 nitrogen and oxygen atoms in total. The van der Waals surface area contributed by atoms with E-state index in [1.54, 1.807) is 31.4 Å². The Morgan fingerprint density at radius 3 is 2.57 bits per heavy atom. The first-order chi connectivity index (χ1) is 11.1. The molecule has 9 heteroatoms. The number of methoxy groups -OCH3 is 1. The van der Waals surface area contributed by atoms with Crippen molar-refractivity contribution in [3.05, 3.63) is 34.3 Å². The number of carbonyl (C=O) groups excluding carboxylic acids is 2. The van der Waals surface area contributed by atoms with E-state index in [1.165, 1.54) is 0 Å². The summed E-state index contributed by atoms with van der Waals surface area (Å²) in [6.45, 7) is 2.59. The second-order valence-corrected chi connectivity index (χ2v) is 5.46. The van der Waals surface area contributed by atoms with E-state index >= 15 is 0 Å². The number of anilines is 1. The third-order valence-electron chi connectivity index (χ3n) is 2.75. The molecule has 1 heterocycles. The van der Waals surface area contributed by atoms with Gasteiger partial charge in [0.15, 0.2) is 0 Å². The predicted octanol–water partition coefficient (Wildman–Crippen LogP) is 1.62. The third kappa shape index (κ3) is 4.92. The zero-order valence-electron chi connectivity index (χ0n) is 12.8. The molecule has 3 N–H and O–H groups in total. The maximum Gasteiger partial charge on any atom is 0.315 e. The summed E-state index contributed by atoms with van der Waals surface area (Å²) in [6.07, 6.45) is 0. The minimum absolute atomic E-state index is 0.222. The number of aromatic nitrogens is 2. The maximum atomic E-state index is 12.1. The molecule has 3 amide bonds. The van der Waals surface area contributed by atoms with Crippen molar-refractivity contribution < 1.29 is 14.3 Å². The summed E-state index contributed by atoms with van der Waals surface area (Å²) >= 11 is 1.13. The van der Waals surface area contributed by atoms with Gasteiger partial charge in [0.05, 0.1) is 13.7 Å². The van der Waals surface area contributed by atoms with Crippen LogP contribution in [0.25, 0.3) is 0 Å². The van der Waals surface area contributed by atoms with Crippen molar-refractivity contribution >= 4 is 29.0 Å². The molecule has 0 fully saturated rings. The van der Waals surface area contributed by atoms with E-state index in [2.05, 4.69) is 26.1 Å². The lowest BCUT2D eigenvalue weighted by Crippen LogP contribution is -2.34. The molecule has 0 saturated carbocycles. The molecule has 2 rings (SSSR count). The standard InChI is InChI=1S/C14H17N5O3S/c1-3-15-14(21)16-8-11-18-19-13(23-11)12(20)17-9-4-6-10(22-2)7-5-9/h4-7H,3,8H2,1-2H3,(H,17,20)(H2,15,16,21). The minimum atomic E-state index is -0.350. The monoisotopic (exact) mass is 335 g/mol. The van der Waals surface area contributed by atoms with Crippen LogP contribution in [0.2, 0.25) is 0 Å². The van der Waals surface area contributed by atoms with Gasteiger partial charge in [-0.05, 0) is 31.2 Å². The maximum absolute atomic E-state index is 12.1. The molecule has 0 atom stereocenters. The van der Waals surface area contributed by atoms with Crippen LogP contribution >= 0.6 is 11.3 Å². The van der Waals surface area contributed by atoms with Crippen molar-refractivity contribution in [3.8, 4) is 5.75 Å². The largest absolute Gasteiger partial charge is 0.497 e. The van der Waals surface area contributed by atoms with E-state index in [0.717, 1.165) is 11.3 Å². The van der Waals surface area contributed by atoms with Crippen molar-refractivity contribution in [2.45, 2.75) is 13.5 Å². The minimum Gasteiger partial charge on any atom is -0.497 e. The molecule has 122 valence electrons. The van der Waals surface area contributed by atoms with Crippen molar-refractivity contribution in [3.63, 3.8) is 0 Å². The highest BCUT2D eigenvalue weighted by Crippen LogP contribution is 2.17. The molecule has 23 heavy (non-hydrogen) atoms. The van der Waals surface area contributed by atoms with Gasteiger partial charge in [0.2, 0.25) is 5.01 Å². The Bertz CT molecular complexity index is 671. The van der Waals surface area contributed by atoms with Crippen LogP contribution in [0.15, 0.2) is 24.3 Å². The topological polar surface area (TPSA) is 105 Å². The molecule has 0 radical (unpaired) electrons. The second-order valence-electron chi connectivity index (χ2n) is 4.40. The van der Waals surface area contributed by atoms with Gasteiger partial charge in [0.25, 0.3) is 5.91 Å². The number of hydrogen-bond donors (Lipinski definition) is 3. The molecule has 1 aromatic carbocycles. The van der Waals surface area contributed by atoms with Crippen LogP contribution < -0.4 is 20.7 Å². The first-order valence-corrected chi connectivity index (χ1v) is 7.73. The Morgan fingerprint density at radius 1 is 1.17 bits per heavy atom. The zero-order chi connectivity index (χ0) is 16.7. The molecular formula is C14H17N5O3S. The summed E-state index contributed by atoms with van der Waals surface area (Å²) < 4.78 is 5.05. The number of rotatable bonds is 6. The lowest BCUT2D eigenvalue weighted by molar-refractivity contribution is 0.102. The molecule has 0 aliphatic heterocycles. The van der Waals surface area contributed by atoms with Gasteiger partial charge < -0.3 is 20.7 Å². The molecule has 0 unspecified atom stereocenters. The molecule has 0 aliphatic rings. The van der Waals surface area contributed by atoms with Gasteiger partial charge >= 0.3 is 6.03 Å². The third-order valence-corrected chi connectivity index (χ3v) is 3.67. The first-order valence-electron chi connectivity index (χ1n) is 6.92. The summed E-state index contributed by atoms with van der Waals surface area (Å²) in [5, 5.41) is 16.4. The Balaban J connectivity index is 1.91. The van der Waals surface area contributed by atoms with Crippen molar-refractivity contribution in [2.24, 2.45) is 0 Å². The van der Waals surface area contributed by atoms with E-state index in [-0.39, 0.29) is 23.5 Å². The van der Waals surface area contributed by atoms with Crippen LogP contribution in [0, 0.1) is 0 Å². The Labute approximate surface area is 137 Å². The van der Waals surface area contributed by atoms with E-state index in [4.69, 9.17) is 4.74 Å². The lowest BCUT2D eigenvalue weighted by atomic mass is 10.3. The van der Waals surface area contributed by atoms with Crippen molar-refractivity contribution in [1.29, 1.82) is 0 Å². The lowest BCUT2D eigenvalue weighted by Gasteiger charge is -2.04. The number of nitrogens with one attached hydrogen (secondary N) is 3. The van der Waals surface area contributed by atoms with E-state index in [9.17, 15) is 9.59 Å². The van der Waals surface area contributed by atoms with Crippen LogP contribution in [-0.2, 0) is 6.54 Å². The number of benzene rings is 1. The van der Waals surface area contributed by atoms with Gasteiger partial charge in [-0.15, -0.1) is 10.2 Å². The number of hydrogen-bond acceptors (Lipinski definition) is 6. The summed E-state index contributed by atoms with van der Waals surface area (Å²) in [6, 6.07) is 6.67. The van der Waals surface area contributed by atoms with Gasteiger partial charge in [-0.1, -0.05) is 11.3 Å². The van der Waals surface area contributed by atoms with Gasteiger partial charge in [-0.2, -0.15) is 0 Å². The predicted molar refractivity (Wildman–Crippen MR) is 86.8 cm³/mol. The summed E-state index contributed by atoms with van der Waals surface area (Å²) in [5.74, 6) is 0.356. The van der Waals surface area contributed by atoms with E-state index in [1.807, 2.05) is 6.92 Å². The quantitative estimate of drug-likeness (QED) is 0.744. The summed E-state index contributed by atoms with van der Waals surface area (Å²) in [4.78, 5) is 23.4. The number of amides is 3. The van der Waals surface area contributed by atoms with E-state index in [0.29, 0.717) is 23.0 Å². The average Bonchev–Trinajstić information content (AvgIpc) is 3.03. The summed E-state index contributed by atoms with van der Waals surface area (Å²) in [7, 11) is 1.57. The molecule has 1 aromatic heterocycles. The van der Waals surface area contributed by atoms with Crippen LogP contribution in [0.4, 0.5) is 10.5 Å². The van der Waals surface area contributed by atoms with Gasteiger partial charge in [0, 0.05) is 12.2 Å². The molecule has 0 saturated heterocycles. The summed E-state index contributed by atoms with van der Waals surface area (Å²) in [5.41, 5.74) is 0.632. The Morgan fingerprint density at radius 2 is 1.91 bits per heavy atom. The first kappa shape index (κ1) is 16.7. The highest BCUT2D eigenvalue weighted by atomic mass is 32.1. The highest BCUT2D eigenvalue weighted by Gasteiger charge is 2.13. The number of nitrogens with zero attached hydrogens (tertiary/aromatic N) is 2. The molecule has 0 spiro atoms. The van der Waals surface area contributed by atoms with Crippen LogP contribution in [0.5, 0.6) is 5.75 Å². The van der Waals surface area contributed by atoms with Crippen LogP contribution in [-0.4, -0.2) is 35.8 Å². The average molecular weight is 335 g/mol.